The molecule has 0 saturated carbocycles. The number of nitrogens with one attached hydrogen (secondary N) is 1. The monoisotopic (exact) mass is 459 g/mol. The summed E-state index contributed by atoms with van der Waals surface area (Å²) in [5, 5.41) is 15.4. The molecule has 32 heavy (non-hydrogen) atoms. The molecule has 2 aromatic carbocycles. The number of anilines is 2. The topological polar surface area (TPSA) is 117 Å². The fourth-order valence-corrected chi connectivity index (χ4v) is 5.35. The smallest absolute Gasteiger partial charge is 0.270 e. The maximum atomic E-state index is 13.1. The number of nitrogens with zero attached hydrogens (tertiary/aromatic N) is 4. The molecule has 0 spiro atoms. The number of hydrogen-bond donors (Lipinski definition) is 1. The van der Waals surface area contributed by atoms with Crippen LogP contribution >= 0.6 is 0 Å². The summed E-state index contributed by atoms with van der Waals surface area (Å²) >= 11 is 0. The van der Waals surface area contributed by atoms with Crippen molar-refractivity contribution in [3.63, 3.8) is 0 Å². The van der Waals surface area contributed by atoms with Gasteiger partial charge in [0.25, 0.3) is 5.69 Å². The van der Waals surface area contributed by atoms with Crippen molar-refractivity contribution >= 4 is 33.3 Å². The van der Waals surface area contributed by atoms with Crippen molar-refractivity contribution in [3.8, 4) is 0 Å². The molecule has 170 valence electrons. The number of non-ortho nitro benzene ring substituents is 1. The van der Waals surface area contributed by atoms with E-state index < -0.39 is 14.9 Å². The molecule has 0 aliphatic carbocycles. The largest absolute Gasteiger partial charge is 0.379 e. The van der Waals surface area contributed by atoms with E-state index >= 15 is 0 Å². The lowest BCUT2D eigenvalue weighted by molar-refractivity contribution is -0.385. The molecule has 2 heterocycles. The molecule has 10 nitrogen and oxygen atoms in total. The van der Waals surface area contributed by atoms with Crippen LogP contribution in [0, 0.1) is 10.1 Å². The number of morpholine rings is 1. The summed E-state index contributed by atoms with van der Waals surface area (Å²) in [6, 6.07) is 11.6. The molecule has 0 atom stereocenters. The summed E-state index contributed by atoms with van der Waals surface area (Å²) in [5.74, 6) is 0. The van der Waals surface area contributed by atoms with Gasteiger partial charge in [0.2, 0.25) is 10.0 Å². The number of hydrazone groups is 1. The van der Waals surface area contributed by atoms with Crippen molar-refractivity contribution < 1.29 is 18.1 Å². The number of rotatable bonds is 7. The van der Waals surface area contributed by atoms with Gasteiger partial charge in [-0.3, -0.25) is 15.5 Å². The van der Waals surface area contributed by atoms with Crippen LogP contribution in [-0.2, 0) is 14.8 Å². The Balaban J connectivity index is 1.54. The highest BCUT2D eigenvalue weighted by atomic mass is 32.2. The third-order valence-corrected chi connectivity index (χ3v) is 7.47. The summed E-state index contributed by atoms with van der Waals surface area (Å²) in [6.07, 6.45) is 4.00. The summed E-state index contributed by atoms with van der Waals surface area (Å²) in [5.41, 5.74) is 4.63. The van der Waals surface area contributed by atoms with Gasteiger partial charge in [0.1, 0.15) is 4.90 Å². The van der Waals surface area contributed by atoms with Gasteiger partial charge in [0.05, 0.1) is 30.0 Å². The normalized spacial score (nSPS) is 17.7. The SMILES string of the molecule is O=[N+]([O-])c1ccc(N/N=C/c2ccc(N3CCCC3)cc2)c(S(=O)(=O)N2CCOCC2)c1. The van der Waals surface area contributed by atoms with E-state index in [-0.39, 0.29) is 42.6 Å². The third kappa shape index (κ3) is 4.90. The molecule has 0 amide bonds. The van der Waals surface area contributed by atoms with Gasteiger partial charge in [-0.2, -0.15) is 9.41 Å². The molecule has 2 aromatic rings. The molecule has 2 aliphatic heterocycles. The zero-order valence-corrected chi connectivity index (χ0v) is 18.3. The Labute approximate surface area is 186 Å². The minimum atomic E-state index is -3.95. The average Bonchev–Trinajstić information content (AvgIpc) is 3.35. The zero-order valence-electron chi connectivity index (χ0n) is 17.5. The van der Waals surface area contributed by atoms with E-state index in [1.54, 1.807) is 6.21 Å². The predicted molar refractivity (Wildman–Crippen MR) is 122 cm³/mol. The summed E-state index contributed by atoms with van der Waals surface area (Å²) < 4.78 is 32.7. The molecule has 0 aromatic heterocycles. The Morgan fingerprint density at radius 1 is 1.03 bits per heavy atom. The van der Waals surface area contributed by atoms with Crippen molar-refractivity contribution in [1.29, 1.82) is 0 Å². The molecule has 2 fully saturated rings. The lowest BCUT2D eigenvalue weighted by Gasteiger charge is -2.26. The van der Waals surface area contributed by atoms with Crippen LogP contribution in [0.3, 0.4) is 0 Å². The van der Waals surface area contributed by atoms with E-state index in [1.807, 2.05) is 24.3 Å². The van der Waals surface area contributed by atoms with Crippen LogP contribution in [-0.4, -0.2) is 63.3 Å². The number of benzene rings is 2. The maximum Gasteiger partial charge on any atom is 0.270 e. The first-order chi connectivity index (χ1) is 15.4. The highest BCUT2D eigenvalue weighted by molar-refractivity contribution is 7.89. The van der Waals surface area contributed by atoms with Gasteiger partial charge < -0.3 is 9.64 Å². The Hall–Kier alpha value is -3.02. The van der Waals surface area contributed by atoms with Gasteiger partial charge in [-0.1, -0.05) is 12.1 Å². The fourth-order valence-electron chi connectivity index (χ4n) is 3.78. The van der Waals surface area contributed by atoms with Crippen LogP contribution in [0.4, 0.5) is 17.1 Å². The Morgan fingerprint density at radius 2 is 1.72 bits per heavy atom. The number of nitro groups is 1. The second-order valence-corrected chi connectivity index (χ2v) is 9.52. The minimum absolute atomic E-state index is 0.173. The highest BCUT2D eigenvalue weighted by Crippen LogP contribution is 2.29. The average molecular weight is 460 g/mol. The lowest BCUT2D eigenvalue weighted by atomic mass is 10.2. The molecule has 11 heteroatoms. The second-order valence-electron chi connectivity index (χ2n) is 7.61. The number of nitro benzene ring substituents is 1. The number of sulfonamides is 1. The van der Waals surface area contributed by atoms with Crippen molar-refractivity contribution in [3.05, 3.63) is 58.1 Å². The van der Waals surface area contributed by atoms with Crippen LogP contribution in [0.5, 0.6) is 0 Å². The fraction of sp³-hybridized carbons (Fsp3) is 0.381. The quantitative estimate of drug-likeness (QED) is 0.384. The van der Waals surface area contributed by atoms with Gasteiger partial charge in [-0.25, -0.2) is 8.42 Å². The molecule has 2 saturated heterocycles. The Bertz CT molecular complexity index is 1090. The van der Waals surface area contributed by atoms with Crippen molar-refractivity contribution in [2.24, 2.45) is 5.10 Å². The van der Waals surface area contributed by atoms with Crippen molar-refractivity contribution in [2.75, 3.05) is 49.7 Å². The van der Waals surface area contributed by atoms with E-state index in [4.69, 9.17) is 4.74 Å². The van der Waals surface area contributed by atoms with Crippen molar-refractivity contribution in [2.45, 2.75) is 17.7 Å². The van der Waals surface area contributed by atoms with Crippen LogP contribution in [0.25, 0.3) is 0 Å². The molecule has 0 unspecified atom stereocenters. The first-order valence-corrected chi connectivity index (χ1v) is 11.9. The Kier molecular flexibility index (Phi) is 6.68. The molecule has 1 N–H and O–H groups in total. The lowest BCUT2D eigenvalue weighted by Crippen LogP contribution is -2.40. The summed E-state index contributed by atoms with van der Waals surface area (Å²) in [7, 11) is -3.95. The second kappa shape index (κ2) is 9.63. The standard InChI is InChI=1S/C21H25N5O5S/c27-26(28)19-7-8-20(21(15-19)32(29,30)25-11-13-31-14-12-25)23-22-16-17-3-5-18(6-4-17)24-9-1-2-10-24/h3-8,15-16,23H,1-2,9-14H2/b22-16+. The Morgan fingerprint density at radius 3 is 2.38 bits per heavy atom. The number of ether oxygens (including phenoxy) is 1. The highest BCUT2D eigenvalue weighted by Gasteiger charge is 2.30. The minimum Gasteiger partial charge on any atom is -0.379 e. The van der Waals surface area contributed by atoms with Crippen LogP contribution < -0.4 is 10.3 Å². The predicted octanol–water partition coefficient (Wildman–Crippen LogP) is 2.66. The first-order valence-electron chi connectivity index (χ1n) is 10.5. The molecule has 0 bridgehead atoms. The third-order valence-electron chi connectivity index (χ3n) is 5.53. The molecular formula is C21H25N5O5S. The summed E-state index contributed by atoms with van der Waals surface area (Å²) in [4.78, 5) is 12.7. The summed E-state index contributed by atoms with van der Waals surface area (Å²) in [6.45, 7) is 3.07. The molecule has 0 radical (unpaired) electrons. The zero-order chi connectivity index (χ0) is 22.6. The van der Waals surface area contributed by atoms with E-state index in [9.17, 15) is 18.5 Å². The maximum absolute atomic E-state index is 13.1. The van der Waals surface area contributed by atoms with Gasteiger partial charge in [-0.05, 0) is 36.6 Å². The van der Waals surface area contributed by atoms with E-state index in [0.717, 1.165) is 24.7 Å². The molecular weight excluding hydrogens is 434 g/mol. The van der Waals surface area contributed by atoms with Crippen molar-refractivity contribution in [1.82, 2.24) is 4.31 Å². The molecule has 4 rings (SSSR count). The van der Waals surface area contributed by atoms with Gasteiger partial charge >= 0.3 is 0 Å². The van der Waals surface area contributed by atoms with Crippen LogP contribution in [0.2, 0.25) is 0 Å². The molecule has 2 aliphatic rings. The van der Waals surface area contributed by atoms with Crippen LogP contribution in [0.1, 0.15) is 18.4 Å². The number of hydrogen-bond acceptors (Lipinski definition) is 8. The van der Waals surface area contributed by atoms with E-state index in [1.165, 1.54) is 35.0 Å². The van der Waals surface area contributed by atoms with Gasteiger partial charge in [0, 0.05) is 44.0 Å². The first kappa shape index (κ1) is 22.2. The van der Waals surface area contributed by atoms with Crippen LogP contribution in [0.15, 0.2) is 52.5 Å². The van der Waals surface area contributed by atoms with Gasteiger partial charge in [-0.15, -0.1) is 0 Å². The van der Waals surface area contributed by atoms with E-state index in [2.05, 4.69) is 15.4 Å². The van der Waals surface area contributed by atoms with Gasteiger partial charge in [0.15, 0.2) is 0 Å². The van der Waals surface area contributed by atoms with E-state index in [0.29, 0.717) is 0 Å².